The van der Waals surface area contributed by atoms with E-state index in [4.69, 9.17) is 0 Å². The number of aromatic nitrogens is 2. The molecule has 0 aliphatic carbocycles. The van der Waals surface area contributed by atoms with Crippen molar-refractivity contribution in [3.8, 4) is 11.3 Å². The Kier molecular flexibility index (Phi) is 9.27. The van der Waals surface area contributed by atoms with E-state index < -0.39 is 0 Å². The summed E-state index contributed by atoms with van der Waals surface area (Å²) in [4.78, 5) is 35.7. The number of nitrogens with zero attached hydrogens (tertiary/aromatic N) is 2. The van der Waals surface area contributed by atoms with Gasteiger partial charge in [-0.15, -0.1) is 0 Å². The van der Waals surface area contributed by atoms with Crippen molar-refractivity contribution < 1.29 is 9.59 Å². The van der Waals surface area contributed by atoms with E-state index in [1.165, 1.54) is 22.0 Å². The molecule has 5 rings (SSSR count). The van der Waals surface area contributed by atoms with Gasteiger partial charge in [0, 0.05) is 43.7 Å². The average Bonchev–Trinajstić information content (AvgIpc) is 3.48. The summed E-state index contributed by atoms with van der Waals surface area (Å²) in [5, 5.41) is 5.57. The number of aryl methyl sites for hydroxylation is 1. The van der Waals surface area contributed by atoms with Crippen LogP contribution in [-0.2, 0) is 16.0 Å². The quantitative estimate of drug-likeness (QED) is 0.184. The van der Waals surface area contributed by atoms with E-state index in [1.54, 1.807) is 0 Å². The van der Waals surface area contributed by atoms with Crippen molar-refractivity contribution in [1.82, 2.24) is 15.3 Å². The van der Waals surface area contributed by atoms with Gasteiger partial charge in [-0.05, 0) is 54.2 Å². The summed E-state index contributed by atoms with van der Waals surface area (Å²) in [5.41, 5.74) is 4.64. The Hall–Kier alpha value is -3.93. The molecule has 6 heteroatoms. The molecule has 4 aromatic rings. The van der Waals surface area contributed by atoms with E-state index in [2.05, 4.69) is 74.8 Å². The molecular weight excluding hydrogens is 496 g/mol. The second-order valence-corrected chi connectivity index (χ2v) is 10.8. The van der Waals surface area contributed by atoms with Gasteiger partial charge < -0.3 is 15.2 Å². The number of ketones is 1. The summed E-state index contributed by atoms with van der Waals surface area (Å²) in [6.07, 6.45) is 8.68. The lowest BCUT2D eigenvalue weighted by Gasteiger charge is -2.31. The molecule has 0 radical (unpaired) electrons. The van der Waals surface area contributed by atoms with E-state index in [-0.39, 0.29) is 11.8 Å². The van der Waals surface area contributed by atoms with Crippen molar-refractivity contribution >= 4 is 28.2 Å². The number of nitrogens with one attached hydrogen (secondary N) is 2. The van der Waals surface area contributed by atoms with Gasteiger partial charge in [-0.2, -0.15) is 0 Å². The van der Waals surface area contributed by atoms with Crippen LogP contribution in [0.15, 0.2) is 72.9 Å². The molecule has 208 valence electrons. The molecule has 40 heavy (non-hydrogen) atoms. The van der Waals surface area contributed by atoms with Crippen LogP contribution in [0, 0.1) is 0 Å². The highest BCUT2D eigenvalue weighted by Gasteiger charge is 2.24. The number of Topliss-reactive ketones (excluding diaryl/α,β-unsaturated/α-hetero) is 1. The predicted octanol–water partition coefficient (Wildman–Crippen LogP) is 6.81. The third kappa shape index (κ3) is 6.79. The molecule has 2 heterocycles. The Labute approximate surface area is 237 Å². The third-order valence-electron chi connectivity index (χ3n) is 8.03. The Morgan fingerprint density at radius 3 is 2.70 bits per heavy atom. The van der Waals surface area contributed by atoms with Gasteiger partial charge in [0.25, 0.3) is 0 Å². The number of H-pyrrole nitrogens is 1. The summed E-state index contributed by atoms with van der Waals surface area (Å²) in [7, 11) is 0. The third-order valence-corrected chi connectivity index (χ3v) is 8.03. The van der Waals surface area contributed by atoms with Crippen LogP contribution in [-0.4, -0.2) is 41.3 Å². The number of amides is 1. The van der Waals surface area contributed by atoms with Crippen molar-refractivity contribution in [2.45, 2.75) is 64.2 Å². The molecule has 1 aliphatic rings. The zero-order valence-corrected chi connectivity index (χ0v) is 23.5. The van der Waals surface area contributed by atoms with Gasteiger partial charge in [-0.3, -0.25) is 9.59 Å². The fourth-order valence-corrected chi connectivity index (χ4v) is 5.71. The van der Waals surface area contributed by atoms with E-state index in [1.807, 2.05) is 25.3 Å². The minimum atomic E-state index is -0.357. The summed E-state index contributed by atoms with van der Waals surface area (Å²) >= 11 is 0. The first-order chi connectivity index (χ1) is 19.6. The molecule has 1 unspecified atom stereocenters. The number of carbonyl (C=O) groups excluding carboxylic acids is 2. The predicted molar refractivity (Wildman–Crippen MR) is 163 cm³/mol. The second-order valence-electron chi connectivity index (χ2n) is 10.8. The fraction of sp³-hybridized carbons (Fsp3) is 0.382. The van der Waals surface area contributed by atoms with Gasteiger partial charge in [-0.25, -0.2) is 4.98 Å². The number of benzene rings is 3. The minimum absolute atomic E-state index is 0.00865. The highest BCUT2D eigenvalue weighted by Crippen LogP contribution is 2.28. The zero-order valence-electron chi connectivity index (χ0n) is 23.5. The second kappa shape index (κ2) is 13.4. The number of fused-ring (bicyclic) bond motifs is 2. The van der Waals surface area contributed by atoms with Crippen LogP contribution in [0.1, 0.15) is 69.2 Å². The topological polar surface area (TPSA) is 78.1 Å². The van der Waals surface area contributed by atoms with E-state index in [0.717, 1.165) is 56.5 Å². The molecule has 0 fully saturated rings. The number of anilines is 1. The molecule has 6 nitrogen and oxygen atoms in total. The summed E-state index contributed by atoms with van der Waals surface area (Å²) in [6, 6.07) is 23.2. The van der Waals surface area contributed by atoms with Crippen LogP contribution in [0.4, 0.5) is 5.69 Å². The fourth-order valence-electron chi connectivity index (χ4n) is 5.71. The summed E-state index contributed by atoms with van der Waals surface area (Å²) in [6.45, 7) is 4.30. The summed E-state index contributed by atoms with van der Waals surface area (Å²) < 4.78 is 0. The summed E-state index contributed by atoms with van der Waals surface area (Å²) in [5.74, 6) is 0.660. The number of para-hydroxylation sites is 1. The monoisotopic (exact) mass is 536 g/mol. The number of imidazole rings is 1. The van der Waals surface area contributed by atoms with Crippen molar-refractivity contribution in [3.05, 3.63) is 84.3 Å². The molecular formula is C34H40N4O2. The molecule has 1 aromatic heterocycles. The smallest absolute Gasteiger partial charge is 0.230 e. The Balaban J connectivity index is 1.25. The number of rotatable bonds is 13. The molecule has 0 bridgehead atoms. The minimum Gasteiger partial charge on any atom is -0.370 e. The highest BCUT2D eigenvalue weighted by atomic mass is 16.2. The molecule has 0 saturated carbocycles. The maximum Gasteiger partial charge on any atom is 0.230 e. The first-order valence-corrected chi connectivity index (χ1v) is 14.8. The SMILES string of the molecule is CCC(=O)CCCCCC(C(=O)NCCN1CCCc2ccccc21)c1ncc(-c2ccc3ccccc3c2)[nH]1. The van der Waals surface area contributed by atoms with Gasteiger partial charge in [0.2, 0.25) is 5.91 Å². The highest BCUT2D eigenvalue weighted by molar-refractivity contribution is 5.87. The van der Waals surface area contributed by atoms with Gasteiger partial charge >= 0.3 is 0 Å². The molecule has 0 spiro atoms. The van der Waals surface area contributed by atoms with Crippen LogP contribution in [0.25, 0.3) is 22.0 Å². The van der Waals surface area contributed by atoms with Gasteiger partial charge in [-0.1, -0.05) is 74.4 Å². The van der Waals surface area contributed by atoms with Gasteiger partial charge in [0.15, 0.2) is 0 Å². The van der Waals surface area contributed by atoms with E-state index in [0.29, 0.717) is 37.4 Å². The number of aromatic amines is 1. The zero-order chi connectivity index (χ0) is 27.7. The molecule has 2 N–H and O–H groups in total. The molecule has 3 aromatic carbocycles. The Bertz CT molecular complexity index is 1440. The van der Waals surface area contributed by atoms with E-state index in [9.17, 15) is 9.59 Å². The normalized spacial score (nSPS) is 13.7. The van der Waals surface area contributed by atoms with Crippen LogP contribution >= 0.6 is 0 Å². The van der Waals surface area contributed by atoms with Crippen LogP contribution in [0.2, 0.25) is 0 Å². The molecule has 1 amide bonds. The average molecular weight is 537 g/mol. The first kappa shape index (κ1) is 27.6. The van der Waals surface area contributed by atoms with Crippen molar-refractivity contribution in [2.75, 3.05) is 24.5 Å². The number of unbranched alkanes of at least 4 members (excludes halogenated alkanes) is 2. The largest absolute Gasteiger partial charge is 0.370 e. The van der Waals surface area contributed by atoms with Crippen molar-refractivity contribution in [1.29, 1.82) is 0 Å². The standard InChI is InChI=1S/C34H40N4O2/c1-2-29(39)15-4-3-5-16-30(34(40)35-20-22-38-21-10-14-26-12-8-9-17-32(26)38)33-36-24-31(37-33)28-19-18-25-11-6-7-13-27(25)23-28/h6-9,11-13,17-19,23-24,30H,2-5,10,14-16,20-22H2,1H3,(H,35,40)(H,36,37). The maximum absolute atomic E-state index is 13.5. The van der Waals surface area contributed by atoms with Crippen molar-refractivity contribution in [2.24, 2.45) is 0 Å². The van der Waals surface area contributed by atoms with Gasteiger partial charge in [0.1, 0.15) is 11.6 Å². The Morgan fingerprint density at radius 2 is 1.82 bits per heavy atom. The molecule has 0 saturated heterocycles. The van der Waals surface area contributed by atoms with Crippen molar-refractivity contribution in [3.63, 3.8) is 0 Å². The lowest BCUT2D eigenvalue weighted by atomic mass is 9.98. The lowest BCUT2D eigenvalue weighted by molar-refractivity contribution is -0.123. The number of hydrogen-bond acceptors (Lipinski definition) is 4. The molecule has 1 atom stereocenters. The molecule has 1 aliphatic heterocycles. The number of hydrogen-bond donors (Lipinski definition) is 2. The van der Waals surface area contributed by atoms with Crippen LogP contribution < -0.4 is 10.2 Å². The van der Waals surface area contributed by atoms with E-state index >= 15 is 0 Å². The number of carbonyl (C=O) groups is 2. The maximum atomic E-state index is 13.5. The van der Waals surface area contributed by atoms with Crippen LogP contribution in [0.5, 0.6) is 0 Å². The lowest BCUT2D eigenvalue weighted by Crippen LogP contribution is -2.39. The van der Waals surface area contributed by atoms with Gasteiger partial charge in [0.05, 0.1) is 17.8 Å². The first-order valence-electron chi connectivity index (χ1n) is 14.8. The van der Waals surface area contributed by atoms with Crippen LogP contribution in [0.3, 0.4) is 0 Å². The Morgan fingerprint density at radius 1 is 1.00 bits per heavy atom.